The number of hydrogen-bond acceptors (Lipinski definition) is 4. The van der Waals surface area contributed by atoms with Crippen molar-refractivity contribution in [1.82, 2.24) is 0 Å². The van der Waals surface area contributed by atoms with Crippen LogP contribution in [0.5, 0.6) is 0 Å². The first kappa shape index (κ1) is 8.39. The van der Waals surface area contributed by atoms with Gasteiger partial charge in [-0.15, -0.1) is 0 Å². The molecule has 0 saturated heterocycles. The molecule has 0 amide bonds. The monoisotopic (exact) mass is 133 g/mol. The van der Waals surface area contributed by atoms with Crippen molar-refractivity contribution in [3.8, 4) is 0 Å². The SMILES string of the molecule is COC(=O)C(CN)OC. The third kappa shape index (κ3) is 2.43. The van der Waals surface area contributed by atoms with Gasteiger partial charge in [0.1, 0.15) is 0 Å². The number of ether oxygens (including phenoxy) is 2. The molecule has 0 bridgehead atoms. The normalized spacial score (nSPS) is 12.8. The fourth-order valence-corrected chi connectivity index (χ4v) is 0.420. The minimum Gasteiger partial charge on any atom is -0.467 e. The van der Waals surface area contributed by atoms with Crippen LogP contribution in [0.4, 0.5) is 0 Å². The molecule has 4 nitrogen and oxygen atoms in total. The van der Waals surface area contributed by atoms with E-state index in [4.69, 9.17) is 5.73 Å². The van der Waals surface area contributed by atoms with Crippen LogP contribution in [0.2, 0.25) is 0 Å². The van der Waals surface area contributed by atoms with Crippen molar-refractivity contribution in [2.45, 2.75) is 6.10 Å². The lowest BCUT2D eigenvalue weighted by atomic mass is 10.4. The minimum absolute atomic E-state index is 0.156. The van der Waals surface area contributed by atoms with Crippen LogP contribution in [0.15, 0.2) is 0 Å². The van der Waals surface area contributed by atoms with Crippen LogP contribution in [-0.4, -0.2) is 32.8 Å². The standard InChI is InChI=1S/C5H11NO3/c1-8-4(3-6)5(7)9-2/h4H,3,6H2,1-2H3. The number of methoxy groups -OCH3 is 2. The Morgan fingerprint density at radius 1 is 1.67 bits per heavy atom. The van der Waals surface area contributed by atoms with E-state index >= 15 is 0 Å². The molecule has 0 aliphatic rings. The van der Waals surface area contributed by atoms with Crippen LogP contribution in [0, 0.1) is 0 Å². The predicted octanol–water partition coefficient (Wildman–Crippen LogP) is -0.867. The summed E-state index contributed by atoms with van der Waals surface area (Å²) in [7, 11) is 2.71. The number of carbonyl (C=O) groups is 1. The Bertz CT molecular complexity index is 90.2. The first-order chi connectivity index (χ1) is 4.26. The lowest BCUT2D eigenvalue weighted by molar-refractivity contribution is -0.151. The molecule has 0 fully saturated rings. The van der Waals surface area contributed by atoms with Crippen LogP contribution in [-0.2, 0) is 14.3 Å². The van der Waals surface area contributed by atoms with E-state index < -0.39 is 12.1 Å². The molecule has 0 spiro atoms. The fraction of sp³-hybridized carbons (Fsp3) is 0.800. The van der Waals surface area contributed by atoms with Crippen molar-refractivity contribution in [1.29, 1.82) is 0 Å². The van der Waals surface area contributed by atoms with Crippen LogP contribution in [0.3, 0.4) is 0 Å². The van der Waals surface area contributed by atoms with Crippen molar-refractivity contribution in [2.24, 2.45) is 5.73 Å². The van der Waals surface area contributed by atoms with E-state index in [2.05, 4.69) is 9.47 Å². The maximum Gasteiger partial charge on any atom is 0.336 e. The Morgan fingerprint density at radius 3 is 2.33 bits per heavy atom. The van der Waals surface area contributed by atoms with Gasteiger partial charge in [-0.1, -0.05) is 0 Å². The molecule has 0 aliphatic heterocycles. The van der Waals surface area contributed by atoms with Gasteiger partial charge in [0.2, 0.25) is 0 Å². The van der Waals surface area contributed by atoms with E-state index in [0.29, 0.717) is 0 Å². The summed E-state index contributed by atoms with van der Waals surface area (Å²) in [4.78, 5) is 10.5. The molecule has 9 heavy (non-hydrogen) atoms. The van der Waals surface area contributed by atoms with Crippen LogP contribution >= 0.6 is 0 Å². The lowest BCUT2D eigenvalue weighted by Gasteiger charge is -2.08. The van der Waals surface area contributed by atoms with Gasteiger partial charge in [0.15, 0.2) is 6.10 Å². The van der Waals surface area contributed by atoms with Gasteiger partial charge in [0, 0.05) is 13.7 Å². The molecule has 4 heteroatoms. The summed E-state index contributed by atoms with van der Waals surface area (Å²) in [5, 5.41) is 0. The Morgan fingerprint density at radius 2 is 2.22 bits per heavy atom. The highest BCUT2D eigenvalue weighted by Gasteiger charge is 2.14. The maximum atomic E-state index is 10.5. The number of rotatable bonds is 3. The Balaban J connectivity index is 3.64. The van der Waals surface area contributed by atoms with E-state index in [-0.39, 0.29) is 6.54 Å². The molecule has 2 N–H and O–H groups in total. The first-order valence-corrected chi connectivity index (χ1v) is 2.57. The van der Waals surface area contributed by atoms with E-state index in [9.17, 15) is 4.79 Å². The first-order valence-electron chi connectivity index (χ1n) is 2.57. The van der Waals surface area contributed by atoms with Gasteiger partial charge in [-0.2, -0.15) is 0 Å². The average molecular weight is 133 g/mol. The molecular formula is C5H11NO3. The molecule has 0 heterocycles. The van der Waals surface area contributed by atoms with E-state index in [0.717, 1.165) is 0 Å². The summed E-state index contributed by atoms with van der Waals surface area (Å²) >= 11 is 0. The second kappa shape index (κ2) is 4.29. The molecule has 54 valence electrons. The topological polar surface area (TPSA) is 61.5 Å². The zero-order valence-electron chi connectivity index (χ0n) is 5.59. The minimum atomic E-state index is -0.616. The Hall–Kier alpha value is -0.610. The molecule has 0 aromatic carbocycles. The molecule has 0 aromatic rings. The van der Waals surface area contributed by atoms with Crippen LogP contribution < -0.4 is 5.73 Å². The van der Waals surface area contributed by atoms with Gasteiger partial charge >= 0.3 is 5.97 Å². The van der Waals surface area contributed by atoms with E-state index in [1.165, 1.54) is 14.2 Å². The Labute approximate surface area is 53.9 Å². The zero-order valence-corrected chi connectivity index (χ0v) is 5.59. The molecular weight excluding hydrogens is 122 g/mol. The quantitative estimate of drug-likeness (QED) is 0.508. The van der Waals surface area contributed by atoms with Gasteiger partial charge in [-0.3, -0.25) is 0 Å². The highest BCUT2D eigenvalue weighted by molar-refractivity contribution is 5.74. The number of carbonyl (C=O) groups excluding carboxylic acids is 1. The summed E-state index contributed by atoms with van der Waals surface area (Å²) < 4.78 is 9.00. The smallest absolute Gasteiger partial charge is 0.336 e. The second-order valence-electron chi connectivity index (χ2n) is 1.48. The highest BCUT2D eigenvalue weighted by atomic mass is 16.6. The molecule has 1 unspecified atom stereocenters. The van der Waals surface area contributed by atoms with Gasteiger partial charge in [0.05, 0.1) is 7.11 Å². The van der Waals surface area contributed by atoms with E-state index in [1.54, 1.807) is 0 Å². The second-order valence-corrected chi connectivity index (χ2v) is 1.48. The molecule has 1 atom stereocenters. The third-order valence-electron chi connectivity index (χ3n) is 0.963. The molecule has 0 rings (SSSR count). The largest absolute Gasteiger partial charge is 0.467 e. The van der Waals surface area contributed by atoms with Crippen LogP contribution in [0.1, 0.15) is 0 Å². The van der Waals surface area contributed by atoms with Gasteiger partial charge in [-0.25, -0.2) is 4.79 Å². The lowest BCUT2D eigenvalue weighted by Crippen LogP contribution is -2.32. The molecule has 0 radical (unpaired) electrons. The van der Waals surface area contributed by atoms with E-state index in [1.807, 2.05) is 0 Å². The highest BCUT2D eigenvalue weighted by Crippen LogP contribution is 1.88. The van der Waals surface area contributed by atoms with Crippen molar-refractivity contribution in [2.75, 3.05) is 20.8 Å². The number of esters is 1. The van der Waals surface area contributed by atoms with Crippen molar-refractivity contribution in [3.05, 3.63) is 0 Å². The fourth-order valence-electron chi connectivity index (χ4n) is 0.420. The maximum absolute atomic E-state index is 10.5. The van der Waals surface area contributed by atoms with Crippen molar-refractivity contribution >= 4 is 5.97 Å². The summed E-state index contributed by atoms with van der Waals surface area (Å²) in [5.74, 6) is -0.431. The van der Waals surface area contributed by atoms with Gasteiger partial charge in [-0.05, 0) is 0 Å². The van der Waals surface area contributed by atoms with Crippen LogP contribution in [0.25, 0.3) is 0 Å². The molecule has 0 aromatic heterocycles. The summed E-state index contributed by atoms with van der Waals surface area (Å²) in [6.07, 6.45) is -0.616. The third-order valence-corrected chi connectivity index (χ3v) is 0.963. The summed E-state index contributed by atoms with van der Waals surface area (Å²) in [6.45, 7) is 0.156. The summed E-state index contributed by atoms with van der Waals surface area (Å²) in [6, 6.07) is 0. The summed E-state index contributed by atoms with van der Waals surface area (Å²) in [5.41, 5.74) is 5.13. The predicted molar refractivity (Wildman–Crippen MR) is 31.9 cm³/mol. The molecule has 0 aliphatic carbocycles. The zero-order chi connectivity index (χ0) is 7.28. The van der Waals surface area contributed by atoms with Crippen molar-refractivity contribution < 1.29 is 14.3 Å². The van der Waals surface area contributed by atoms with Crippen molar-refractivity contribution in [3.63, 3.8) is 0 Å². The number of hydrogen-bond donors (Lipinski definition) is 1. The average Bonchev–Trinajstić information content (AvgIpc) is 1.90. The van der Waals surface area contributed by atoms with Gasteiger partial charge < -0.3 is 15.2 Å². The van der Waals surface area contributed by atoms with Gasteiger partial charge in [0.25, 0.3) is 0 Å². The Kier molecular flexibility index (Phi) is 4.00. The number of nitrogens with two attached hydrogens (primary N) is 1. The molecule has 0 saturated carbocycles.